The van der Waals surface area contributed by atoms with E-state index in [0.717, 1.165) is 77.9 Å². The molecule has 0 N–H and O–H groups in total. The molecule has 0 unspecified atom stereocenters. The van der Waals surface area contributed by atoms with Crippen molar-refractivity contribution in [3.63, 3.8) is 0 Å². The van der Waals surface area contributed by atoms with Crippen LogP contribution in [0.3, 0.4) is 0 Å². The second kappa shape index (κ2) is 12.0. The number of benzene rings is 7. The van der Waals surface area contributed by atoms with E-state index in [1.807, 2.05) is 24.3 Å². The average Bonchev–Trinajstić information content (AvgIpc) is 3.74. The summed E-state index contributed by atoms with van der Waals surface area (Å²) in [7, 11) is 0. The van der Waals surface area contributed by atoms with E-state index >= 15 is 0 Å². The highest BCUT2D eigenvalue weighted by atomic mass is 15.0. The number of nitrogens with zero attached hydrogens (tertiary/aromatic N) is 4. The third-order valence-electron chi connectivity index (χ3n) is 10.1. The van der Waals surface area contributed by atoms with Gasteiger partial charge in [0.1, 0.15) is 0 Å². The van der Waals surface area contributed by atoms with Crippen molar-refractivity contribution in [2.75, 3.05) is 0 Å². The lowest BCUT2D eigenvalue weighted by Gasteiger charge is -2.13. The van der Waals surface area contributed by atoms with E-state index in [0.29, 0.717) is 5.69 Å². The fourth-order valence-corrected chi connectivity index (χ4v) is 7.78. The molecule has 0 aliphatic carbocycles. The zero-order valence-corrected chi connectivity index (χ0v) is 28.1. The van der Waals surface area contributed by atoms with Gasteiger partial charge in [-0.2, -0.15) is 0 Å². The number of hydrogen-bond donors (Lipinski definition) is 0. The second-order valence-electron chi connectivity index (χ2n) is 13.1. The predicted molar refractivity (Wildman–Crippen MR) is 215 cm³/mol. The van der Waals surface area contributed by atoms with Gasteiger partial charge in [0.15, 0.2) is 5.69 Å². The molecule has 0 bridgehead atoms. The maximum atomic E-state index is 7.83. The second-order valence-corrected chi connectivity index (χ2v) is 13.1. The van der Waals surface area contributed by atoms with E-state index in [2.05, 4.69) is 172 Å². The highest BCUT2D eigenvalue weighted by Crippen LogP contribution is 2.43. The van der Waals surface area contributed by atoms with Crippen LogP contribution in [0.25, 0.3) is 93.5 Å². The highest BCUT2D eigenvalue weighted by Gasteiger charge is 2.21. The molecule has 0 saturated carbocycles. The molecule has 7 aromatic carbocycles. The van der Waals surface area contributed by atoms with E-state index in [4.69, 9.17) is 11.6 Å². The lowest BCUT2D eigenvalue weighted by atomic mass is 9.99. The monoisotopic (exact) mass is 662 g/mol. The van der Waals surface area contributed by atoms with Crippen LogP contribution in [-0.4, -0.2) is 14.1 Å². The van der Waals surface area contributed by atoms with Crippen molar-refractivity contribution in [3.8, 4) is 45.0 Å². The Kier molecular flexibility index (Phi) is 6.84. The number of fused-ring (bicyclic) bond motifs is 7. The van der Waals surface area contributed by atoms with Gasteiger partial charge in [-0.15, -0.1) is 0 Å². The first kappa shape index (κ1) is 29.7. The zero-order chi connectivity index (χ0) is 34.6. The Labute approximate surface area is 300 Å². The quantitative estimate of drug-likeness (QED) is 0.169. The third-order valence-corrected chi connectivity index (χ3v) is 10.1. The molecule has 0 saturated heterocycles. The summed E-state index contributed by atoms with van der Waals surface area (Å²) < 4.78 is 4.75. The van der Waals surface area contributed by atoms with Crippen LogP contribution >= 0.6 is 0 Å². The minimum absolute atomic E-state index is 0.630. The van der Waals surface area contributed by atoms with Crippen molar-refractivity contribution in [2.24, 2.45) is 0 Å². The summed E-state index contributed by atoms with van der Waals surface area (Å²) in [6, 6.07) is 63.8. The van der Waals surface area contributed by atoms with Crippen molar-refractivity contribution in [1.82, 2.24) is 14.1 Å². The van der Waals surface area contributed by atoms with Crippen LogP contribution in [0.2, 0.25) is 0 Å². The third kappa shape index (κ3) is 4.72. The lowest BCUT2D eigenvalue weighted by molar-refractivity contribution is 1.17. The number of para-hydroxylation sites is 2. The van der Waals surface area contributed by atoms with E-state index in [1.54, 1.807) is 0 Å². The van der Waals surface area contributed by atoms with Gasteiger partial charge in [0.05, 0.1) is 40.0 Å². The largest absolute Gasteiger partial charge is 0.309 e. The van der Waals surface area contributed by atoms with Gasteiger partial charge in [-0.1, -0.05) is 121 Å². The van der Waals surface area contributed by atoms with E-state index in [1.165, 1.54) is 10.8 Å². The van der Waals surface area contributed by atoms with Crippen molar-refractivity contribution in [1.29, 1.82) is 0 Å². The molecule has 3 aromatic heterocycles. The van der Waals surface area contributed by atoms with Crippen LogP contribution in [0.5, 0.6) is 0 Å². The Balaban J connectivity index is 1.27. The molecule has 0 fully saturated rings. The summed E-state index contributed by atoms with van der Waals surface area (Å²) in [5.74, 6) is 0. The summed E-state index contributed by atoms with van der Waals surface area (Å²) in [6.07, 6.45) is 0. The van der Waals surface area contributed by atoms with Gasteiger partial charge in [-0.25, -0.2) is 9.83 Å². The Hall–Kier alpha value is -7.22. The molecule has 10 rings (SSSR count). The summed E-state index contributed by atoms with van der Waals surface area (Å²) in [5, 5.41) is 4.56. The fraction of sp³-hybridized carbons (Fsp3) is 0. The minimum Gasteiger partial charge on any atom is -0.309 e. The molecular weight excluding hydrogens is 633 g/mol. The Morgan fingerprint density at radius 2 is 1.00 bits per heavy atom. The standard InChI is InChI=1S/C48H30N4/c1-49-36-24-26-45-41(31-36)39-25-27-46-47(40-22-11-12-23-44(40)51(46)37-19-9-4-10-20-37)48(39)52(45)38-21-13-18-34(28-38)35-29-42(32-14-5-2-6-15-32)50-43(30-35)33-16-7-3-8-17-33/h2-31H. The van der Waals surface area contributed by atoms with Crippen LogP contribution in [-0.2, 0) is 0 Å². The fourth-order valence-electron chi connectivity index (χ4n) is 7.78. The molecule has 242 valence electrons. The molecule has 0 aliphatic heterocycles. The SMILES string of the molecule is [C-]#[N+]c1ccc2c(c1)c1ccc3c(c4ccccc4n3-c3ccccc3)c1n2-c1cccc(-c2cc(-c3ccccc3)nc(-c3ccccc3)c2)c1. The maximum Gasteiger partial charge on any atom is 0.188 e. The number of hydrogen-bond acceptors (Lipinski definition) is 1. The molecule has 0 spiro atoms. The highest BCUT2D eigenvalue weighted by molar-refractivity contribution is 6.26. The van der Waals surface area contributed by atoms with Crippen molar-refractivity contribution < 1.29 is 0 Å². The van der Waals surface area contributed by atoms with Gasteiger partial charge in [0, 0.05) is 38.7 Å². The van der Waals surface area contributed by atoms with Crippen molar-refractivity contribution in [2.45, 2.75) is 0 Å². The lowest BCUT2D eigenvalue weighted by Crippen LogP contribution is -1.96. The van der Waals surface area contributed by atoms with E-state index < -0.39 is 0 Å². The Morgan fingerprint density at radius 3 is 1.71 bits per heavy atom. The first-order valence-corrected chi connectivity index (χ1v) is 17.4. The number of rotatable bonds is 5. The van der Waals surface area contributed by atoms with Crippen LogP contribution in [0.15, 0.2) is 182 Å². The molecule has 10 aromatic rings. The van der Waals surface area contributed by atoms with Gasteiger partial charge in [0.2, 0.25) is 0 Å². The normalized spacial score (nSPS) is 11.4. The molecule has 0 radical (unpaired) electrons. The molecule has 3 heterocycles. The zero-order valence-electron chi connectivity index (χ0n) is 28.1. The van der Waals surface area contributed by atoms with Gasteiger partial charge in [-0.05, 0) is 77.2 Å². The van der Waals surface area contributed by atoms with Gasteiger partial charge in [0.25, 0.3) is 0 Å². The minimum atomic E-state index is 0.630. The first-order valence-electron chi connectivity index (χ1n) is 17.4. The molecule has 52 heavy (non-hydrogen) atoms. The van der Waals surface area contributed by atoms with Crippen molar-refractivity contribution >= 4 is 49.3 Å². The number of pyridine rings is 1. The summed E-state index contributed by atoms with van der Waals surface area (Å²) in [4.78, 5) is 8.95. The Bertz CT molecular complexity index is 2940. The molecule has 4 nitrogen and oxygen atoms in total. The van der Waals surface area contributed by atoms with Crippen LogP contribution in [0.4, 0.5) is 5.69 Å². The first-order chi connectivity index (χ1) is 25.7. The molecule has 0 amide bonds. The van der Waals surface area contributed by atoms with Crippen LogP contribution in [0.1, 0.15) is 0 Å². The van der Waals surface area contributed by atoms with Crippen LogP contribution < -0.4 is 0 Å². The Morgan fingerprint density at radius 1 is 0.404 bits per heavy atom. The summed E-state index contributed by atoms with van der Waals surface area (Å²) in [6.45, 7) is 7.83. The topological polar surface area (TPSA) is 27.1 Å². The molecule has 0 aliphatic rings. The van der Waals surface area contributed by atoms with E-state index in [-0.39, 0.29) is 0 Å². The molecule has 0 atom stereocenters. The molecular formula is C48H30N4. The van der Waals surface area contributed by atoms with Gasteiger partial charge >= 0.3 is 0 Å². The van der Waals surface area contributed by atoms with Gasteiger partial charge in [-0.3, -0.25) is 0 Å². The maximum absolute atomic E-state index is 7.83. The molecule has 4 heteroatoms. The van der Waals surface area contributed by atoms with Gasteiger partial charge < -0.3 is 9.13 Å². The number of aromatic nitrogens is 3. The smallest absolute Gasteiger partial charge is 0.188 e. The van der Waals surface area contributed by atoms with Crippen LogP contribution in [0, 0.1) is 6.57 Å². The van der Waals surface area contributed by atoms with Crippen molar-refractivity contribution in [3.05, 3.63) is 193 Å². The van der Waals surface area contributed by atoms with E-state index in [9.17, 15) is 0 Å². The average molecular weight is 663 g/mol. The predicted octanol–water partition coefficient (Wildman–Crippen LogP) is 12.8. The summed E-state index contributed by atoms with van der Waals surface area (Å²) in [5.41, 5.74) is 13.5. The summed E-state index contributed by atoms with van der Waals surface area (Å²) >= 11 is 0.